The standard InChI is InChI=1S/C14H13FN4/c15-11-9-10(7-8-16)5-6-13(11)19-14-4-2-1-3-12(14)17-18-19/h1-6,9H,7-8,16H2. The Kier molecular flexibility index (Phi) is 2.97. The van der Waals surface area contributed by atoms with E-state index < -0.39 is 0 Å². The van der Waals surface area contributed by atoms with E-state index in [9.17, 15) is 4.39 Å². The third-order valence-corrected chi connectivity index (χ3v) is 3.03. The van der Waals surface area contributed by atoms with Crippen molar-refractivity contribution < 1.29 is 4.39 Å². The largest absolute Gasteiger partial charge is 0.330 e. The maximum absolute atomic E-state index is 14.1. The zero-order valence-corrected chi connectivity index (χ0v) is 10.3. The molecule has 0 radical (unpaired) electrons. The lowest BCUT2D eigenvalue weighted by Gasteiger charge is -2.06. The Morgan fingerprint density at radius 1 is 1.16 bits per heavy atom. The van der Waals surface area contributed by atoms with Crippen LogP contribution in [-0.2, 0) is 6.42 Å². The molecule has 0 saturated carbocycles. The summed E-state index contributed by atoms with van der Waals surface area (Å²) in [6.07, 6.45) is 0.662. The molecule has 0 amide bonds. The van der Waals surface area contributed by atoms with Crippen LogP contribution in [0.15, 0.2) is 42.5 Å². The van der Waals surface area contributed by atoms with E-state index in [2.05, 4.69) is 10.3 Å². The van der Waals surface area contributed by atoms with Gasteiger partial charge in [0, 0.05) is 0 Å². The number of fused-ring (bicyclic) bond motifs is 1. The van der Waals surface area contributed by atoms with E-state index in [1.54, 1.807) is 6.07 Å². The highest BCUT2D eigenvalue weighted by Gasteiger charge is 2.10. The monoisotopic (exact) mass is 256 g/mol. The van der Waals surface area contributed by atoms with E-state index in [1.165, 1.54) is 10.7 Å². The van der Waals surface area contributed by atoms with Gasteiger partial charge in [-0.05, 0) is 42.8 Å². The molecule has 0 bridgehead atoms. The van der Waals surface area contributed by atoms with Crippen LogP contribution in [0.2, 0.25) is 0 Å². The van der Waals surface area contributed by atoms with Crippen molar-refractivity contribution in [2.45, 2.75) is 6.42 Å². The first-order chi connectivity index (χ1) is 9.29. The summed E-state index contributed by atoms with van der Waals surface area (Å²) in [5.41, 5.74) is 8.28. The van der Waals surface area contributed by atoms with E-state index >= 15 is 0 Å². The molecule has 0 aliphatic heterocycles. The number of hydrogen-bond acceptors (Lipinski definition) is 3. The van der Waals surface area contributed by atoms with Gasteiger partial charge in [-0.3, -0.25) is 0 Å². The van der Waals surface area contributed by atoms with E-state index in [1.807, 2.05) is 30.3 Å². The van der Waals surface area contributed by atoms with E-state index in [0.29, 0.717) is 18.7 Å². The fourth-order valence-corrected chi connectivity index (χ4v) is 2.09. The highest BCUT2D eigenvalue weighted by Crippen LogP contribution is 2.19. The molecule has 3 rings (SSSR count). The molecule has 5 heteroatoms. The SMILES string of the molecule is NCCc1ccc(-n2nnc3ccccc32)c(F)c1. The number of rotatable bonds is 3. The van der Waals surface area contributed by atoms with Crippen molar-refractivity contribution in [3.63, 3.8) is 0 Å². The zero-order chi connectivity index (χ0) is 13.2. The fraction of sp³-hybridized carbons (Fsp3) is 0.143. The van der Waals surface area contributed by atoms with Gasteiger partial charge in [-0.2, -0.15) is 0 Å². The molecule has 0 aliphatic carbocycles. The van der Waals surface area contributed by atoms with Gasteiger partial charge < -0.3 is 5.73 Å². The molecule has 4 nitrogen and oxygen atoms in total. The van der Waals surface area contributed by atoms with Gasteiger partial charge in [-0.25, -0.2) is 9.07 Å². The summed E-state index contributed by atoms with van der Waals surface area (Å²) in [6, 6.07) is 12.5. The van der Waals surface area contributed by atoms with Crippen molar-refractivity contribution in [1.29, 1.82) is 0 Å². The van der Waals surface area contributed by atoms with Crippen LogP contribution in [0.5, 0.6) is 0 Å². The van der Waals surface area contributed by atoms with Crippen molar-refractivity contribution >= 4 is 11.0 Å². The van der Waals surface area contributed by atoms with Gasteiger partial charge in [0.25, 0.3) is 0 Å². The fourth-order valence-electron chi connectivity index (χ4n) is 2.09. The van der Waals surface area contributed by atoms with Crippen molar-refractivity contribution in [3.8, 4) is 5.69 Å². The lowest BCUT2D eigenvalue weighted by molar-refractivity contribution is 0.607. The van der Waals surface area contributed by atoms with E-state index in [0.717, 1.165) is 16.6 Å². The Bertz CT molecular complexity index is 720. The molecule has 0 aliphatic rings. The number of nitrogens with two attached hydrogens (primary N) is 1. The van der Waals surface area contributed by atoms with Gasteiger partial charge in [0.2, 0.25) is 0 Å². The third-order valence-electron chi connectivity index (χ3n) is 3.03. The Balaban J connectivity index is 2.11. The summed E-state index contributed by atoms with van der Waals surface area (Å²) in [6.45, 7) is 0.505. The minimum atomic E-state index is -0.318. The summed E-state index contributed by atoms with van der Waals surface area (Å²) in [7, 11) is 0. The lowest BCUT2D eigenvalue weighted by Crippen LogP contribution is -2.05. The molecular weight excluding hydrogens is 243 g/mol. The molecule has 0 saturated heterocycles. The van der Waals surface area contributed by atoms with Gasteiger partial charge >= 0.3 is 0 Å². The van der Waals surface area contributed by atoms with Crippen LogP contribution in [-0.4, -0.2) is 21.5 Å². The summed E-state index contributed by atoms with van der Waals surface area (Å²) in [5.74, 6) is -0.318. The Morgan fingerprint density at radius 2 is 2.00 bits per heavy atom. The molecule has 1 heterocycles. The number of halogens is 1. The summed E-state index contributed by atoms with van der Waals surface area (Å²) >= 11 is 0. The lowest BCUT2D eigenvalue weighted by atomic mass is 10.1. The quantitative estimate of drug-likeness (QED) is 0.780. The van der Waals surface area contributed by atoms with Crippen molar-refractivity contribution in [3.05, 3.63) is 53.8 Å². The Morgan fingerprint density at radius 3 is 2.79 bits per heavy atom. The molecule has 1 aromatic heterocycles. The Labute approximate surface area is 109 Å². The molecule has 3 aromatic rings. The van der Waals surface area contributed by atoms with Gasteiger partial charge in [0.1, 0.15) is 17.0 Å². The zero-order valence-electron chi connectivity index (χ0n) is 10.3. The molecule has 96 valence electrons. The van der Waals surface area contributed by atoms with Crippen LogP contribution in [0.4, 0.5) is 4.39 Å². The second-order valence-corrected chi connectivity index (χ2v) is 4.31. The molecular formula is C14H13FN4. The van der Waals surface area contributed by atoms with Crippen LogP contribution in [0.25, 0.3) is 16.7 Å². The van der Waals surface area contributed by atoms with Crippen LogP contribution >= 0.6 is 0 Å². The maximum Gasteiger partial charge on any atom is 0.149 e. The minimum absolute atomic E-state index is 0.318. The van der Waals surface area contributed by atoms with Crippen molar-refractivity contribution in [1.82, 2.24) is 15.0 Å². The summed E-state index contributed by atoms with van der Waals surface area (Å²) < 4.78 is 15.6. The van der Waals surface area contributed by atoms with Gasteiger partial charge in [0.15, 0.2) is 0 Å². The van der Waals surface area contributed by atoms with Crippen LogP contribution in [0.1, 0.15) is 5.56 Å². The molecule has 0 spiro atoms. The molecule has 2 N–H and O–H groups in total. The number of aromatic nitrogens is 3. The molecule has 0 unspecified atom stereocenters. The van der Waals surface area contributed by atoms with Crippen molar-refractivity contribution in [2.24, 2.45) is 5.73 Å². The smallest absolute Gasteiger partial charge is 0.149 e. The molecule has 2 aromatic carbocycles. The first kappa shape index (κ1) is 11.8. The topological polar surface area (TPSA) is 56.7 Å². The number of nitrogens with zero attached hydrogens (tertiary/aromatic N) is 3. The van der Waals surface area contributed by atoms with Crippen LogP contribution < -0.4 is 5.73 Å². The summed E-state index contributed by atoms with van der Waals surface area (Å²) in [5, 5.41) is 8.03. The Hall–Kier alpha value is -2.27. The number of para-hydroxylation sites is 1. The third kappa shape index (κ3) is 2.08. The number of hydrogen-bond donors (Lipinski definition) is 1. The van der Waals surface area contributed by atoms with Gasteiger partial charge in [0.05, 0.1) is 5.52 Å². The second-order valence-electron chi connectivity index (χ2n) is 4.31. The van der Waals surface area contributed by atoms with E-state index in [4.69, 9.17) is 5.73 Å². The first-order valence-corrected chi connectivity index (χ1v) is 6.09. The van der Waals surface area contributed by atoms with E-state index in [-0.39, 0.29) is 5.82 Å². The van der Waals surface area contributed by atoms with Gasteiger partial charge in [-0.15, -0.1) is 5.10 Å². The minimum Gasteiger partial charge on any atom is -0.330 e. The summed E-state index contributed by atoms with van der Waals surface area (Å²) in [4.78, 5) is 0. The van der Waals surface area contributed by atoms with Crippen LogP contribution in [0.3, 0.4) is 0 Å². The second kappa shape index (κ2) is 4.78. The van der Waals surface area contributed by atoms with Crippen molar-refractivity contribution in [2.75, 3.05) is 6.54 Å². The number of benzene rings is 2. The average molecular weight is 256 g/mol. The molecule has 0 fully saturated rings. The molecule has 19 heavy (non-hydrogen) atoms. The van der Waals surface area contributed by atoms with Gasteiger partial charge in [-0.1, -0.05) is 23.4 Å². The maximum atomic E-state index is 14.1. The molecule has 0 atom stereocenters. The average Bonchev–Trinajstić information content (AvgIpc) is 2.83. The predicted molar refractivity (Wildman–Crippen MR) is 71.6 cm³/mol. The predicted octanol–water partition coefficient (Wildman–Crippen LogP) is 2.06. The normalized spacial score (nSPS) is 11.1. The van der Waals surface area contributed by atoms with Crippen LogP contribution in [0, 0.1) is 5.82 Å². The highest BCUT2D eigenvalue weighted by atomic mass is 19.1. The highest BCUT2D eigenvalue weighted by molar-refractivity contribution is 5.75. The first-order valence-electron chi connectivity index (χ1n) is 6.09.